The predicted octanol–water partition coefficient (Wildman–Crippen LogP) is 1.88. The number of carbonyl (C=O) groups excluding carboxylic acids is 1. The lowest BCUT2D eigenvalue weighted by atomic mass is 10.1. The molecule has 0 amide bonds. The number of pyridine rings is 1. The van der Waals surface area contributed by atoms with Crippen LogP contribution in [0.3, 0.4) is 0 Å². The Kier molecular flexibility index (Phi) is 2.59. The molecule has 0 fully saturated rings. The molecule has 80 valence electrons. The number of aldehydes is 1. The molecule has 2 aromatic rings. The average molecular weight is 216 g/mol. The number of hydrogen-bond acceptors (Lipinski definition) is 4. The van der Waals surface area contributed by atoms with E-state index in [0.29, 0.717) is 10.9 Å². The largest absolute Gasteiger partial charge is 0.303 e. The summed E-state index contributed by atoms with van der Waals surface area (Å²) in [6.45, 7) is 0. The molecule has 0 radical (unpaired) electrons. The van der Waals surface area contributed by atoms with Crippen LogP contribution in [-0.2, 0) is 11.2 Å². The highest BCUT2D eigenvalue weighted by atomic mass is 16.6. The first-order valence-electron chi connectivity index (χ1n) is 4.68. The van der Waals surface area contributed by atoms with Crippen molar-refractivity contribution in [3.63, 3.8) is 0 Å². The molecule has 0 spiro atoms. The lowest BCUT2D eigenvalue weighted by Gasteiger charge is -2.00. The van der Waals surface area contributed by atoms with E-state index in [2.05, 4.69) is 4.98 Å². The lowest BCUT2D eigenvalue weighted by molar-refractivity contribution is -0.383. The van der Waals surface area contributed by atoms with Gasteiger partial charge in [-0.15, -0.1) is 0 Å². The predicted molar refractivity (Wildman–Crippen MR) is 58.2 cm³/mol. The van der Waals surface area contributed by atoms with Crippen molar-refractivity contribution in [2.24, 2.45) is 0 Å². The normalized spacial score (nSPS) is 10.2. The second-order valence-electron chi connectivity index (χ2n) is 3.32. The number of para-hydroxylation sites is 1. The maximum absolute atomic E-state index is 10.7. The Morgan fingerprint density at radius 1 is 1.44 bits per heavy atom. The summed E-state index contributed by atoms with van der Waals surface area (Å²) in [5.41, 5.74) is 1.08. The summed E-state index contributed by atoms with van der Waals surface area (Å²) in [5.74, 6) is 0. The van der Waals surface area contributed by atoms with Gasteiger partial charge in [0.15, 0.2) is 0 Å². The Hall–Kier alpha value is -2.30. The number of nitrogens with zero attached hydrogens (tertiary/aromatic N) is 2. The molecule has 0 saturated carbocycles. The van der Waals surface area contributed by atoms with Crippen molar-refractivity contribution >= 4 is 22.9 Å². The molecule has 0 bridgehead atoms. The van der Waals surface area contributed by atoms with Gasteiger partial charge in [0, 0.05) is 24.1 Å². The van der Waals surface area contributed by atoms with Crippen LogP contribution in [0.5, 0.6) is 0 Å². The number of non-ortho nitro benzene ring substituents is 1. The number of aromatic nitrogens is 1. The molecule has 5 nitrogen and oxygen atoms in total. The van der Waals surface area contributed by atoms with Crippen molar-refractivity contribution in [2.45, 2.75) is 6.42 Å². The molecule has 0 saturated heterocycles. The van der Waals surface area contributed by atoms with E-state index in [-0.39, 0.29) is 12.1 Å². The second-order valence-corrected chi connectivity index (χ2v) is 3.32. The highest BCUT2D eigenvalue weighted by molar-refractivity contribution is 5.87. The third-order valence-corrected chi connectivity index (χ3v) is 2.26. The molecule has 1 aromatic carbocycles. The van der Waals surface area contributed by atoms with Crippen molar-refractivity contribution in [3.05, 3.63) is 46.1 Å². The van der Waals surface area contributed by atoms with E-state index in [0.717, 1.165) is 11.8 Å². The summed E-state index contributed by atoms with van der Waals surface area (Å²) >= 11 is 0. The van der Waals surface area contributed by atoms with Gasteiger partial charge >= 0.3 is 0 Å². The molecule has 0 aliphatic rings. The minimum Gasteiger partial charge on any atom is -0.303 e. The van der Waals surface area contributed by atoms with Crippen LogP contribution in [0.1, 0.15) is 5.56 Å². The average Bonchev–Trinajstić information content (AvgIpc) is 2.28. The van der Waals surface area contributed by atoms with Gasteiger partial charge in [0.2, 0.25) is 0 Å². The quantitative estimate of drug-likeness (QED) is 0.446. The SMILES string of the molecule is O=CCc1cnc2c([N+](=O)[O-])cccc2c1. The maximum atomic E-state index is 10.7. The Morgan fingerprint density at radius 3 is 2.94 bits per heavy atom. The summed E-state index contributed by atoms with van der Waals surface area (Å²) in [5, 5.41) is 11.4. The molecule has 0 aliphatic heterocycles. The molecule has 0 atom stereocenters. The number of nitro benzene ring substituents is 1. The van der Waals surface area contributed by atoms with E-state index < -0.39 is 4.92 Å². The number of benzene rings is 1. The molecule has 16 heavy (non-hydrogen) atoms. The first kappa shape index (κ1) is 10.2. The fourth-order valence-electron chi connectivity index (χ4n) is 1.55. The molecule has 1 heterocycles. The Labute approximate surface area is 90.9 Å². The van der Waals surface area contributed by atoms with Crippen LogP contribution >= 0.6 is 0 Å². The second kappa shape index (κ2) is 4.06. The van der Waals surface area contributed by atoms with E-state index in [9.17, 15) is 14.9 Å². The van der Waals surface area contributed by atoms with Gasteiger partial charge in [0.1, 0.15) is 11.8 Å². The number of fused-ring (bicyclic) bond motifs is 1. The summed E-state index contributed by atoms with van der Waals surface area (Å²) in [6, 6.07) is 6.49. The van der Waals surface area contributed by atoms with Gasteiger partial charge in [-0.25, -0.2) is 4.98 Å². The number of rotatable bonds is 3. The van der Waals surface area contributed by atoms with Crippen molar-refractivity contribution in [1.29, 1.82) is 0 Å². The van der Waals surface area contributed by atoms with Crippen LogP contribution in [0.4, 0.5) is 5.69 Å². The van der Waals surface area contributed by atoms with E-state index in [1.54, 1.807) is 18.2 Å². The minimum atomic E-state index is -0.464. The van der Waals surface area contributed by atoms with Crippen molar-refractivity contribution < 1.29 is 9.72 Å². The zero-order valence-corrected chi connectivity index (χ0v) is 8.29. The van der Waals surface area contributed by atoms with Gasteiger partial charge in [-0.1, -0.05) is 12.1 Å². The number of hydrogen-bond donors (Lipinski definition) is 0. The van der Waals surface area contributed by atoms with Gasteiger partial charge in [-0.2, -0.15) is 0 Å². The Bertz CT molecular complexity index is 566. The van der Waals surface area contributed by atoms with Gasteiger partial charge in [0.05, 0.1) is 4.92 Å². The maximum Gasteiger partial charge on any atom is 0.295 e. The van der Waals surface area contributed by atoms with Crippen LogP contribution in [-0.4, -0.2) is 16.2 Å². The van der Waals surface area contributed by atoms with E-state index in [1.807, 2.05) is 0 Å². The Balaban J connectivity index is 2.63. The van der Waals surface area contributed by atoms with Crippen molar-refractivity contribution in [2.75, 3.05) is 0 Å². The zero-order valence-electron chi connectivity index (χ0n) is 8.29. The van der Waals surface area contributed by atoms with Crippen molar-refractivity contribution in [3.8, 4) is 0 Å². The van der Waals surface area contributed by atoms with Crippen LogP contribution in [0.25, 0.3) is 10.9 Å². The summed E-state index contributed by atoms with van der Waals surface area (Å²) in [7, 11) is 0. The van der Waals surface area contributed by atoms with Gasteiger partial charge < -0.3 is 4.79 Å². The molecule has 0 aliphatic carbocycles. The third-order valence-electron chi connectivity index (χ3n) is 2.26. The molecule has 2 rings (SSSR count). The molecular formula is C11H8N2O3. The number of nitro groups is 1. The Morgan fingerprint density at radius 2 is 2.25 bits per heavy atom. The smallest absolute Gasteiger partial charge is 0.295 e. The first-order chi connectivity index (χ1) is 7.72. The first-order valence-corrected chi connectivity index (χ1v) is 4.68. The fraction of sp³-hybridized carbons (Fsp3) is 0.0909. The molecular weight excluding hydrogens is 208 g/mol. The lowest BCUT2D eigenvalue weighted by Crippen LogP contribution is -1.93. The molecule has 5 heteroatoms. The molecule has 0 unspecified atom stereocenters. The van der Waals surface area contributed by atoms with Crippen LogP contribution in [0.15, 0.2) is 30.5 Å². The zero-order chi connectivity index (χ0) is 11.5. The number of carbonyl (C=O) groups is 1. The monoisotopic (exact) mass is 216 g/mol. The summed E-state index contributed by atoms with van der Waals surface area (Å²) < 4.78 is 0. The highest BCUT2D eigenvalue weighted by Crippen LogP contribution is 2.23. The van der Waals surface area contributed by atoms with Gasteiger partial charge in [-0.3, -0.25) is 10.1 Å². The highest BCUT2D eigenvalue weighted by Gasteiger charge is 2.12. The fourth-order valence-corrected chi connectivity index (χ4v) is 1.55. The van der Waals surface area contributed by atoms with E-state index in [4.69, 9.17) is 0 Å². The molecule has 1 aromatic heterocycles. The van der Waals surface area contributed by atoms with Crippen molar-refractivity contribution in [1.82, 2.24) is 4.98 Å². The third kappa shape index (κ3) is 1.75. The minimum absolute atomic E-state index is 0.0184. The standard InChI is InChI=1S/C11H8N2O3/c14-5-4-8-6-9-2-1-3-10(13(15)16)11(9)12-7-8/h1-3,5-7H,4H2. The summed E-state index contributed by atoms with van der Waals surface area (Å²) in [6.07, 6.45) is 2.54. The van der Waals surface area contributed by atoms with Gasteiger partial charge in [-0.05, 0) is 11.6 Å². The van der Waals surface area contributed by atoms with E-state index >= 15 is 0 Å². The van der Waals surface area contributed by atoms with Crippen LogP contribution in [0, 0.1) is 10.1 Å². The van der Waals surface area contributed by atoms with Gasteiger partial charge in [0.25, 0.3) is 5.69 Å². The summed E-state index contributed by atoms with van der Waals surface area (Å²) in [4.78, 5) is 24.6. The van der Waals surface area contributed by atoms with Crippen LogP contribution in [0.2, 0.25) is 0 Å². The topological polar surface area (TPSA) is 73.1 Å². The van der Waals surface area contributed by atoms with E-state index in [1.165, 1.54) is 12.3 Å². The molecule has 0 N–H and O–H groups in total. The van der Waals surface area contributed by atoms with Crippen LogP contribution < -0.4 is 0 Å².